The van der Waals surface area contributed by atoms with Gasteiger partial charge in [-0.2, -0.15) is 0 Å². The summed E-state index contributed by atoms with van der Waals surface area (Å²) < 4.78 is 11.1. The molecule has 0 spiro atoms. The molecule has 0 fully saturated rings. The van der Waals surface area contributed by atoms with Gasteiger partial charge >= 0.3 is 6.09 Å². The zero-order valence-electron chi connectivity index (χ0n) is 14.2. The zero-order valence-corrected chi connectivity index (χ0v) is 14.2. The Morgan fingerprint density at radius 1 is 1.13 bits per heavy atom. The Balaban J connectivity index is 2.49. The Morgan fingerprint density at radius 3 is 2.35 bits per heavy atom. The van der Waals surface area contributed by atoms with Crippen molar-refractivity contribution in [2.75, 3.05) is 13.1 Å². The van der Waals surface area contributed by atoms with Crippen molar-refractivity contribution in [3.05, 3.63) is 35.9 Å². The molecular formula is C17H26N2O4. The minimum Gasteiger partial charge on any atom is -0.445 e. The predicted molar refractivity (Wildman–Crippen MR) is 87.9 cm³/mol. The third-order valence-electron chi connectivity index (χ3n) is 2.93. The van der Waals surface area contributed by atoms with E-state index >= 15 is 0 Å². The van der Waals surface area contributed by atoms with Crippen LogP contribution < -0.4 is 10.6 Å². The van der Waals surface area contributed by atoms with Gasteiger partial charge in [0, 0.05) is 6.54 Å². The fraction of sp³-hybridized carbons (Fsp3) is 0.529. The molecule has 6 nitrogen and oxygen atoms in total. The molecule has 0 aliphatic carbocycles. The van der Waals surface area contributed by atoms with E-state index < -0.39 is 17.3 Å². The van der Waals surface area contributed by atoms with E-state index in [1.54, 1.807) is 0 Å². The second-order valence-corrected chi connectivity index (χ2v) is 6.58. The van der Waals surface area contributed by atoms with Gasteiger partial charge in [-0.1, -0.05) is 30.3 Å². The van der Waals surface area contributed by atoms with Gasteiger partial charge in [-0.3, -0.25) is 4.79 Å². The molecule has 0 aromatic heterocycles. The van der Waals surface area contributed by atoms with Crippen LogP contribution in [0.5, 0.6) is 0 Å². The molecule has 6 heteroatoms. The molecule has 0 bridgehead atoms. The van der Waals surface area contributed by atoms with Crippen LogP contribution in [0.2, 0.25) is 0 Å². The van der Waals surface area contributed by atoms with Gasteiger partial charge in [-0.05, 0) is 33.3 Å². The maximum atomic E-state index is 11.8. The number of carbonyl (C=O) groups is 2. The minimum atomic E-state index is -0.731. The van der Waals surface area contributed by atoms with E-state index in [9.17, 15) is 9.59 Å². The van der Waals surface area contributed by atoms with E-state index in [1.165, 1.54) is 0 Å². The normalized spacial score (nSPS) is 13.7. The molecule has 0 saturated carbocycles. The van der Waals surface area contributed by atoms with Crippen molar-refractivity contribution in [2.24, 2.45) is 0 Å². The standard InChI is InChI=1S/C17H26N2O4/c1-16(2,3)23-17(4,11-18-13-20)12-19-15(21)22-10-14-8-6-5-7-9-14/h5-9,13H,10-12H2,1-4H3,(H,18,20)(H,19,21). The zero-order chi connectivity index (χ0) is 17.3. The van der Waals surface area contributed by atoms with Crippen molar-refractivity contribution < 1.29 is 19.1 Å². The van der Waals surface area contributed by atoms with E-state index in [2.05, 4.69) is 10.6 Å². The van der Waals surface area contributed by atoms with E-state index in [0.717, 1.165) is 5.56 Å². The number of hydrogen-bond acceptors (Lipinski definition) is 4. The molecule has 0 aliphatic rings. The van der Waals surface area contributed by atoms with E-state index in [-0.39, 0.29) is 19.7 Å². The average molecular weight is 322 g/mol. The smallest absolute Gasteiger partial charge is 0.407 e. The fourth-order valence-electron chi connectivity index (χ4n) is 2.16. The monoisotopic (exact) mass is 322 g/mol. The lowest BCUT2D eigenvalue weighted by molar-refractivity contribution is -0.125. The van der Waals surface area contributed by atoms with Crippen LogP contribution in [0, 0.1) is 0 Å². The second-order valence-electron chi connectivity index (χ2n) is 6.58. The molecule has 0 saturated heterocycles. The molecule has 1 atom stereocenters. The highest BCUT2D eigenvalue weighted by molar-refractivity contribution is 5.67. The molecule has 128 valence electrons. The molecule has 1 aromatic carbocycles. The number of hydrogen-bond donors (Lipinski definition) is 2. The first kappa shape index (κ1) is 19.0. The van der Waals surface area contributed by atoms with E-state index in [1.807, 2.05) is 58.0 Å². The molecule has 2 amide bonds. The summed E-state index contributed by atoms with van der Waals surface area (Å²) in [4.78, 5) is 22.4. The summed E-state index contributed by atoms with van der Waals surface area (Å²) >= 11 is 0. The highest BCUT2D eigenvalue weighted by Crippen LogP contribution is 2.19. The first-order valence-electron chi connectivity index (χ1n) is 7.56. The number of amides is 2. The highest BCUT2D eigenvalue weighted by Gasteiger charge is 2.31. The van der Waals surface area contributed by atoms with Crippen molar-refractivity contribution >= 4 is 12.5 Å². The summed E-state index contributed by atoms with van der Waals surface area (Å²) in [6.45, 7) is 8.29. The fourth-order valence-corrected chi connectivity index (χ4v) is 2.16. The van der Waals surface area contributed by atoms with Crippen LogP contribution in [0.15, 0.2) is 30.3 Å². The first-order valence-corrected chi connectivity index (χ1v) is 7.56. The number of nitrogens with one attached hydrogen (secondary N) is 2. The summed E-state index contributed by atoms with van der Waals surface area (Å²) in [5.74, 6) is 0. The Bertz CT molecular complexity index is 499. The van der Waals surface area contributed by atoms with Gasteiger partial charge < -0.3 is 20.1 Å². The Hall–Kier alpha value is -2.08. The molecule has 0 heterocycles. The molecule has 1 aromatic rings. The summed E-state index contributed by atoms with van der Waals surface area (Å²) in [5, 5.41) is 5.28. The average Bonchev–Trinajstić information content (AvgIpc) is 2.48. The van der Waals surface area contributed by atoms with Crippen LogP contribution >= 0.6 is 0 Å². The van der Waals surface area contributed by atoms with Crippen molar-refractivity contribution in [2.45, 2.75) is 45.5 Å². The summed E-state index contributed by atoms with van der Waals surface area (Å²) in [5.41, 5.74) is -0.223. The third kappa shape index (κ3) is 8.21. The number of ether oxygens (including phenoxy) is 2. The highest BCUT2D eigenvalue weighted by atomic mass is 16.6. The summed E-state index contributed by atoms with van der Waals surface area (Å²) in [6, 6.07) is 9.44. The second kappa shape index (κ2) is 8.53. The van der Waals surface area contributed by atoms with Crippen LogP contribution in [0.4, 0.5) is 4.79 Å². The van der Waals surface area contributed by atoms with Crippen molar-refractivity contribution in [3.63, 3.8) is 0 Å². The number of benzene rings is 1. The Labute approximate surface area is 137 Å². The number of carbonyl (C=O) groups excluding carboxylic acids is 2. The van der Waals surface area contributed by atoms with Gasteiger partial charge in [0.1, 0.15) is 12.2 Å². The predicted octanol–water partition coefficient (Wildman–Crippen LogP) is 2.23. The SMILES string of the molecule is CC(C)(C)OC(C)(CNC=O)CNC(=O)OCc1ccccc1. The Kier molecular flexibility index (Phi) is 7.03. The lowest BCUT2D eigenvalue weighted by Crippen LogP contribution is -2.52. The Morgan fingerprint density at radius 2 is 1.78 bits per heavy atom. The van der Waals surface area contributed by atoms with Crippen LogP contribution in [0.3, 0.4) is 0 Å². The molecule has 1 unspecified atom stereocenters. The van der Waals surface area contributed by atoms with Gasteiger partial charge in [-0.25, -0.2) is 4.79 Å². The quantitative estimate of drug-likeness (QED) is 0.720. The third-order valence-corrected chi connectivity index (χ3v) is 2.93. The molecule has 23 heavy (non-hydrogen) atoms. The van der Waals surface area contributed by atoms with Crippen LogP contribution in [-0.2, 0) is 20.9 Å². The van der Waals surface area contributed by atoms with Crippen LogP contribution in [0.25, 0.3) is 0 Å². The molecular weight excluding hydrogens is 296 g/mol. The first-order chi connectivity index (χ1) is 10.7. The van der Waals surface area contributed by atoms with E-state index in [4.69, 9.17) is 9.47 Å². The van der Waals surface area contributed by atoms with Crippen LogP contribution in [0.1, 0.15) is 33.3 Å². The minimum absolute atomic E-state index is 0.204. The molecule has 1 rings (SSSR count). The topological polar surface area (TPSA) is 76.7 Å². The van der Waals surface area contributed by atoms with Gasteiger partial charge in [0.2, 0.25) is 6.41 Å². The van der Waals surface area contributed by atoms with Gasteiger partial charge in [0.25, 0.3) is 0 Å². The number of rotatable bonds is 8. The lowest BCUT2D eigenvalue weighted by atomic mass is 10.0. The van der Waals surface area contributed by atoms with Crippen molar-refractivity contribution in [3.8, 4) is 0 Å². The molecule has 0 aliphatic heterocycles. The van der Waals surface area contributed by atoms with Gasteiger partial charge in [0.15, 0.2) is 0 Å². The largest absolute Gasteiger partial charge is 0.445 e. The van der Waals surface area contributed by atoms with Crippen molar-refractivity contribution in [1.82, 2.24) is 10.6 Å². The number of alkyl carbamates (subject to hydrolysis) is 1. The maximum absolute atomic E-state index is 11.8. The van der Waals surface area contributed by atoms with Crippen molar-refractivity contribution in [1.29, 1.82) is 0 Å². The van der Waals surface area contributed by atoms with Gasteiger partial charge in [-0.15, -0.1) is 0 Å². The maximum Gasteiger partial charge on any atom is 0.407 e. The lowest BCUT2D eigenvalue weighted by Gasteiger charge is -2.36. The van der Waals surface area contributed by atoms with Gasteiger partial charge in [0.05, 0.1) is 12.1 Å². The van der Waals surface area contributed by atoms with Crippen LogP contribution in [-0.4, -0.2) is 36.8 Å². The van der Waals surface area contributed by atoms with E-state index in [0.29, 0.717) is 6.41 Å². The molecule has 2 N–H and O–H groups in total. The summed E-state index contributed by atoms with van der Waals surface area (Å²) in [6.07, 6.45) is 0.0848. The molecule has 0 radical (unpaired) electrons. The summed E-state index contributed by atoms with van der Waals surface area (Å²) in [7, 11) is 0.